The standard InChI is InChI=1S/C16H14F3N3O/c17-16(18,19)15-12(9-20-10-14-7-4-8-23-14)11-22(21-15)13-5-2-1-3-6-13/h1-8,11,20H,9-10H2. The van der Waals surface area contributed by atoms with Crippen LogP contribution in [0.2, 0.25) is 0 Å². The van der Waals surface area contributed by atoms with Crippen molar-refractivity contribution in [3.8, 4) is 5.69 Å². The highest BCUT2D eigenvalue weighted by molar-refractivity contribution is 5.33. The number of alkyl halides is 3. The van der Waals surface area contributed by atoms with Gasteiger partial charge in [0.05, 0.1) is 18.5 Å². The van der Waals surface area contributed by atoms with E-state index in [0.29, 0.717) is 18.0 Å². The number of rotatable bonds is 5. The Morgan fingerprint density at radius 2 is 1.83 bits per heavy atom. The summed E-state index contributed by atoms with van der Waals surface area (Å²) in [4.78, 5) is 0. The first-order valence-electron chi connectivity index (χ1n) is 6.98. The lowest BCUT2D eigenvalue weighted by Gasteiger charge is -2.06. The van der Waals surface area contributed by atoms with Crippen molar-refractivity contribution >= 4 is 0 Å². The fraction of sp³-hybridized carbons (Fsp3) is 0.188. The quantitative estimate of drug-likeness (QED) is 0.778. The normalized spacial score (nSPS) is 11.8. The van der Waals surface area contributed by atoms with E-state index in [2.05, 4.69) is 10.4 Å². The molecule has 23 heavy (non-hydrogen) atoms. The summed E-state index contributed by atoms with van der Waals surface area (Å²) < 4.78 is 45.8. The van der Waals surface area contributed by atoms with Gasteiger partial charge in [0, 0.05) is 18.3 Å². The Labute approximate surface area is 130 Å². The molecule has 2 aromatic heterocycles. The second-order valence-corrected chi connectivity index (χ2v) is 4.96. The van der Waals surface area contributed by atoms with E-state index in [4.69, 9.17) is 4.42 Å². The molecular weight excluding hydrogens is 307 g/mol. The smallest absolute Gasteiger partial charge is 0.435 e. The van der Waals surface area contributed by atoms with Gasteiger partial charge in [-0.15, -0.1) is 0 Å². The summed E-state index contributed by atoms with van der Waals surface area (Å²) >= 11 is 0. The van der Waals surface area contributed by atoms with Gasteiger partial charge in [-0.05, 0) is 24.3 Å². The minimum absolute atomic E-state index is 0.0440. The van der Waals surface area contributed by atoms with E-state index in [1.807, 2.05) is 0 Å². The molecule has 0 aliphatic heterocycles. The van der Waals surface area contributed by atoms with E-state index < -0.39 is 11.9 Å². The molecule has 0 fully saturated rings. The Morgan fingerprint density at radius 1 is 1.04 bits per heavy atom. The van der Waals surface area contributed by atoms with Gasteiger partial charge >= 0.3 is 6.18 Å². The average Bonchev–Trinajstić information content (AvgIpc) is 3.17. The zero-order chi connectivity index (χ0) is 16.3. The number of benzene rings is 1. The number of halogens is 3. The highest BCUT2D eigenvalue weighted by Gasteiger charge is 2.37. The van der Waals surface area contributed by atoms with Crippen molar-refractivity contribution in [2.45, 2.75) is 19.3 Å². The zero-order valence-corrected chi connectivity index (χ0v) is 12.0. The summed E-state index contributed by atoms with van der Waals surface area (Å²) in [5, 5.41) is 6.63. The maximum absolute atomic E-state index is 13.2. The Hall–Kier alpha value is -2.54. The van der Waals surface area contributed by atoms with Crippen LogP contribution >= 0.6 is 0 Å². The lowest BCUT2D eigenvalue weighted by atomic mass is 10.2. The fourth-order valence-corrected chi connectivity index (χ4v) is 2.22. The predicted octanol–water partition coefficient (Wildman–Crippen LogP) is 3.77. The molecule has 3 rings (SSSR count). The maximum atomic E-state index is 13.2. The van der Waals surface area contributed by atoms with Crippen molar-refractivity contribution < 1.29 is 17.6 Å². The number of hydrogen-bond acceptors (Lipinski definition) is 3. The molecule has 1 N–H and O–H groups in total. The van der Waals surface area contributed by atoms with Crippen molar-refractivity contribution in [2.24, 2.45) is 0 Å². The molecule has 0 radical (unpaired) electrons. The first-order chi connectivity index (χ1) is 11.0. The highest BCUT2D eigenvalue weighted by atomic mass is 19.4. The second kappa shape index (κ2) is 6.29. The number of nitrogens with one attached hydrogen (secondary N) is 1. The molecule has 0 aliphatic carbocycles. The molecule has 0 spiro atoms. The fourth-order valence-electron chi connectivity index (χ4n) is 2.22. The summed E-state index contributed by atoms with van der Waals surface area (Å²) in [6.45, 7) is 0.392. The number of furan rings is 1. The van der Waals surface area contributed by atoms with Crippen LogP contribution in [0.15, 0.2) is 59.3 Å². The van der Waals surface area contributed by atoms with Gasteiger partial charge < -0.3 is 9.73 Å². The first-order valence-corrected chi connectivity index (χ1v) is 6.98. The number of hydrogen-bond donors (Lipinski definition) is 1. The number of aromatic nitrogens is 2. The molecule has 0 unspecified atom stereocenters. The highest BCUT2D eigenvalue weighted by Crippen LogP contribution is 2.31. The number of nitrogens with zero attached hydrogens (tertiary/aromatic N) is 2. The Balaban J connectivity index is 1.81. The molecule has 120 valence electrons. The Bertz CT molecular complexity index is 749. The van der Waals surface area contributed by atoms with Crippen LogP contribution in [0.4, 0.5) is 13.2 Å². The van der Waals surface area contributed by atoms with Crippen LogP contribution in [-0.4, -0.2) is 9.78 Å². The van der Waals surface area contributed by atoms with E-state index >= 15 is 0 Å². The molecule has 1 aromatic carbocycles. The van der Waals surface area contributed by atoms with Crippen LogP contribution in [0, 0.1) is 0 Å². The lowest BCUT2D eigenvalue weighted by Crippen LogP contribution is -2.16. The van der Waals surface area contributed by atoms with Gasteiger partial charge in [-0.2, -0.15) is 18.3 Å². The minimum atomic E-state index is -4.50. The maximum Gasteiger partial charge on any atom is 0.435 e. The molecule has 3 aromatic rings. The molecule has 0 saturated carbocycles. The van der Waals surface area contributed by atoms with Crippen LogP contribution in [0.1, 0.15) is 17.0 Å². The summed E-state index contributed by atoms with van der Waals surface area (Å²) in [7, 11) is 0. The van der Waals surface area contributed by atoms with Gasteiger partial charge in [-0.25, -0.2) is 4.68 Å². The largest absolute Gasteiger partial charge is 0.468 e. The SMILES string of the molecule is FC(F)(F)c1nn(-c2ccccc2)cc1CNCc1ccco1. The molecule has 2 heterocycles. The first kappa shape index (κ1) is 15.4. The van der Waals surface area contributed by atoms with Crippen LogP contribution in [0.3, 0.4) is 0 Å². The van der Waals surface area contributed by atoms with E-state index in [0.717, 1.165) is 0 Å². The second-order valence-electron chi connectivity index (χ2n) is 4.96. The molecule has 4 nitrogen and oxygen atoms in total. The Kier molecular flexibility index (Phi) is 4.20. The van der Waals surface area contributed by atoms with Gasteiger partial charge in [0.15, 0.2) is 5.69 Å². The zero-order valence-electron chi connectivity index (χ0n) is 12.0. The molecule has 0 aliphatic rings. The van der Waals surface area contributed by atoms with Crippen LogP contribution in [0.5, 0.6) is 0 Å². The van der Waals surface area contributed by atoms with Crippen LogP contribution < -0.4 is 5.32 Å². The third-order valence-corrected chi connectivity index (χ3v) is 3.27. The van der Waals surface area contributed by atoms with Crippen LogP contribution in [0.25, 0.3) is 5.69 Å². The average molecular weight is 321 g/mol. The monoisotopic (exact) mass is 321 g/mol. The third-order valence-electron chi connectivity index (χ3n) is 3.27. The van der Waals surface area contributed by atoms with Gasteiger partial charge in [0.25, 0.3) is 0 Å². The molecule has 7 heteroatoms. The minimum Gasteiger partial charge on any atom is -0.468 e. The van der Waals surface area contributed by atoms with E-state index in [1.54, 1.807) is 42.5 Å². The predicted molar refractivity (Wildman–Crippen MR) is 77.8 cm³/mol. The third kappa shape index (κ3) is 3.62. The van der Waals surface area contributed by atoms with Gasteiger partial charge in [-0.3, -0.25) is 0 Å². The van der Waals surface area contributed by atoms with Crippen molar-refractivity contribution in [3.05, 3.63) is 71.9 Å². The topological polar surface area (TPSA) is 43.0 Å². The molecule has 0 bridgehead atoms. The summed E-state index contributed by atoms with van der Waals surface area (Å²) in [6.07, 6.45) is -1.58. The lowest BCUT2D eigenvalue weighted by molar-refractivity contribution is -0.142. The van der Waals surface area contributed by atoms with E-state index in [1.165, 1.54) is 17.1 Å². The van der Waals surface area contributed by atoms with Crippen molar-refractivity contribution in [2.75, 3.05) is 0 Å². The molecule has 0 amide bonds. The Morgan fingerprint density at radius 3 is 2.48 bits per heavy atom. The van der Waals surface area contributed by atoms with Gasteiger partial charge in [0.1, 0.15) is 5.76 Å². The summed E-state index contributed by atoms with van der Waals surface area (Å²) in [5.74, 6) is 0.661. The summed E-state index contributed by atoms with van der Waals surface area (Å²) in [5.41, 5.74) is -0.212. The van der Waals surface area contributed by atoms with Crippen molar-refractivity contribution in [1.29, 1.82) is 0 Å². The molecule has 0 atom stereocenters. The molecular formula is C16H14F3N3O. The van der Waals surface area contributed by atoms with Gasteiger partial charge in [0.2, 0.25) is 0 Å². The van der Waals surface area contributed by atoms with Gasteiger partial charge in [-0.1, -0.05) is 18.2 Å². The van der Waals surface area contributed by atoms with Crippen molar-refractivity contribution in [1.82, 2.24) is 15.1 Å². The van der Waals surface area contributed by atoms with E-state index in [9.17, 15) is 13.2 Å². The molecule has 0 saturated heterocycles. The van der Waals surface area contributed by atoms with Crippen LogP contribution in [-0.2, 0) is 19.3 Å². The number of para-hydroxylation sites is 1. The summed E-state index contributed by atoms with van der Waals surface area (Å²) in [6, 6.07) is 12.2. The van der Waals surface area contributed by atoms with E-state index in [-0.39, 0.29) is 12.1 Å². The van der Waals surface area contributed by atoms with Crippen molar-refractivity contribution in [3.63, 3.8) is 0 Å².